The van der Waals surface area contributed by atoms with Gasteiger partial charge in [0.05, 0.1) is 19.8 Å². The second-order valence-electron chi connectivity index (χ2n) is 5.63. The molecule has 0 saturated carbocycles. The topological polar surface area (TPSA) is 106 Å². The van der Waals surface area contributed by atoms with Crippen LogP contribution in [0, 0.1) is 0 Å². The van der Waals surface area contributed by atoms with Gasteiger partial charge in [-0.15, -0.1) is 0 Å². The normalized spacial score (nSPS) is 16.5. The van der Waals surface area contributed by atoms with Crippen LogP contribution in [0.1, 0.15) is 25.0 Å². The molecule has 0 bridgehead atoms. The Hall–Kier alpha value is -2.57. The SMILES string of the molecule is COc1cc2c(cc1OC)C(/C(=N/O)C(N)=O)=NC(C)(C)C2. The fourth-order valence-electron chi connectivity index (χ4n) is 2.55. The maximum absolute atomic E-state index is 11.5. The van der Waals surface area contributed by atoms with Crippen molar-refractivity contribution in [1.29, 1.82) is 0 Å². The fraction of sp³-hybridized carbons (Fsp3) is 0.400. The summed E-state index contributed by atoms with van der Waals surface area (Å²) in [6.07, 6.45) is 0.643. The number of benzene rings is 1. The number of rotatable bonds is 4. The number of amides is 1. The zero-order valence-corrected chi connectivity index (χ0v) is 13.0. The van der Waals surface area contributed by atoms with Crippen molar-refractivity contribution in [3.05, 3.63) is 23.3 Å². The molecule has 0 unspecified atom stereocenters. The van der Waals surface area contributed by atoms with Gasteiger partial charge in [-0.05, 0) is 38.0 Å². The number of nitrogens with two attached hydrogens (primary N) is 1. The summed E-state index contributed by atoms with van der Waals surface area (Å²) in [7, 11) is 3.07. The zero-order chi connectivity index (χ0) is 16.5. The predicted octanol–water partition coefficient (Wildman–Crippen LogP) is 1.14. The maximum Gasteiger partial charge on any atom is 0.273 e. The molecular formula is C15H19N3O4. The van der Waals surface area contributed by atoms with Crippen LogP contribution in [0.15, 0.2) is 22.3 Å². The summed E-state index contributed by atoms with van der Waals surface area (Å²) in [6, 6.07) is 3.54. The molecule has 22 heavy (non-hydrogen) atoms. The fourth-order valence-corrected chi connectivity index (χ4v) is 2.55. The molecule has 7 heteroatoms. The number of hydrogen-bond acceptors (Lipinski definition) is 6. The molecule has 1 amide bonds. The van der Waals surface area contributed by atoms with Crippen molar-refractivity contribution in [2.45, 2.75) is 25.8 Å². The number of ether oxygens (including phenoxy) is 2. The number of carbonyl (C=O) groups is 1. The van der Waals surface area contributed by atoms with Gasteiger partial charge in [0.15, 0.2) is 17.2 Å². The third-order valence-electron chi connectivity index (χ3n) is 3.46. The van der Waals surface area contributed by atoms with Crippen LogP contribution in [-0.2, 0) is 11.2 Å². The maximum atomic E-state index is 11.5. The average Bonchev–Trinajstić information content (AvgIpc) is 2.45. The van der Waals surface area contributed by atoms with Crippen LogP contribution in [-0.4, -0.2) is 42.3 Å². The molecular weight excluding hydrogens is 286 g/mol. The Morgan fingerprint density at radius 3 is 2.41 bits per heavy atom. The highest BCUT2D eigenvalue weighted by molar-refractivity contribution is 6.70. The Labute approximate surface area is 128 Å². The highest BCUT2D eigenvalue weighted by Gasteiger charge is 2.32. The van der Waals surface area contributed by atoms with Gasteiger partial charge in [0.2, 0.25) is 0 Å². The van der Waals surface area contributed by atoms with E-state index < -0.39 is 11.4 Å². The van der Waals surface area contributed by atoms with Crippen molar-refractivity contribution in [3.63, 3.8) is 0 Å². The molecule has 1 aromatic carbocycles. The molecule has 0 fully saturated rings. The molecule has 118 valence electrons. The van der Waals surface area contributed by atoms with Crippen LogP contribution in [0.25, 0.3) is 0 Å². The van der Waals surface area contributed by atoms with Crippen molar-refractivity contribution in [1.82, 2.24) is 0 Å². The van der Waals surface area contributed by atoms with Gasteiger partial charge in [-0.3, -0.25) is 9.79 Å². The third kappa shape index (κ3) is 2.74. The third-order valence-corrected chi connectivity index (χ3v) is 3.46. The molecule has 1 aliphatic rings. The van der Waals surface area contributed by atoms with E-state index >= 15 is 0 Å². The Morgan fingerprint density at radius 1 is 1.32 bits per heavy atom. The molecule has 1 aromatic rings. The second kappa shape index (κ2) is 5.67. The lowest BCUT2D eigenvalue weighted by atomic mass is 9.85. The first-order valence-electron chi connectivity index (χ1n) is 6.70. The summed E-state index contributed by atoms with van der Waals surface area (Å²) in [6.45, 7) is 3.84. The molecule has 0 radical (unpaired) electrons. The van der Waals surface area contributed by atoms with Gasteiger partial charge in [-0.2, -0.15) is 0 Å². The van der Waals surface area contributed by atoms with Crippen LogP contribution in [0.2, 0.25) is 0 Å². The number of carbonyl (C=O) groups excluding carboxylic acids is 1. The second-order valence-corrected chi connectivity index (χ2v) is 5.63. The molecule has 1 aliphatic heterocycles. The molecule has 1 heterocycles. The van der Waals surface area contributed by atoms with E-state index in [0.29, 0.717) is 23.5 Å². The Morgan fingerprint density at radius 2 is 1.91 bits per heavy atom. The number of oxime groups is 1. The van der Waals surface area contributed by atoms with E-state index in [4.69, 9.17) is 20.4 Å². The first kappa shape index (κ1) is 15.8. The minimum Gasteiger partial charge on any atom is -0.493 e. The molecule has 7 nitrogen and oxygen atoms in total. The van der Waals surface area contributed by atoms with Crippen molar-refractivity contribution in [2.24, 2.45) is 15.9 Å². The van der Waals surface area contributed by atoms with E-state index in [2.05, 4.69) is 10.1 Å². The summed E-state index contributed by atoms with van der Waals surface area (Å²) in [5.41, 5.74) is 6.35. The van der Waals surface area contributed by atoms with Crippen LogP contribution >= 0.6 is 0 Å². The van der Waals surface area contributed by atoms with Crippen LogP contribution in [0.3, 0.4) is 0 Å². The molecule has 0 aromatic heterocycles. The number of primary amides is 1. The van der Waals surface area contributed by atoms with Gasteiger partial charge in [0, 0.05) is 5.56 Å². The first-order valence-corrected chi connectivity index (χ1v) is 6.70. The van der Waals surface area contributed by atoms with Crippen molar-refractivity contribution >= 4 is 17.3 Å². The number of nitrogens with zero attached hydrogens (tertiary/aromatic N) is 2. The van der Waals surface area contributed by atoms with Gasteiger partial charge in [-0.1, -0.05) is 5.16 Å². The van der Waals surface area contributed by atoms with E-state index in [1.807, 2.05) is 19.9 Å². The number of fused-ring (bicyclic) bond motifs is 1. The summed E-state index contributed by atoms with van der Waals surface area (Å²) >= 11 is 0. The smallest absolute Gasteiger partial charge is 0.273 e. The molecule has 2 rings (SSSR count). The van der Waals surface area contributed by atoms with Gasteiger partial charge in [0.25, 0.3) is 5.91 Å². The monoisotopic (exact) mass is 305 g/mol. The van der Waals surface area contributed by atoms with Crippen molar-refractivity contribution in [2.75, 3.05) is 14.2 Å². The molecule has 0 aliphatic carbocycles. The number of methoxy groups -OCH3 is 2. The summed E-state index contributed by atoms with van der Waals surface area (Å²) < 4.78 is 10.6. The minimum absolute atomic E-state index is 0.252. The van der Waals surface area contributed by atoms with E-state index in [9.17, 15) is 4.79 Å². The summed E-state index contributed by atoms with van der Waals surface area (Å²) in [4.78, 5) is 16.0. The van der Waals surface area contributed by atoms with E-state index in [1.165, 1.54) is 7.11 Å². The van der Waals surface area contributed by atoms with Crippen molar-refractivity contribution < 1.29 is 19.5 Å². The summed E-state index contributed by atoms with van der Waals surface area (Å²) in [5.74, 6) is 0.231. The summed E-state index contributed by atoms with van der Waals surface area (Å²) in [5, 5.41) is 12.1. The van der Waals surface area contributed by atoms with Gasteiger partial charge in [-0.25, -0.2) is 0 Å². The van der Waals surface area contributed by atoms with Crippen molar-refractivity contribution in [3.8, 4) is 11.5 Å². The molecule has 0 atom stereocenters. The lowest BCUT2D eigenvalue weighted by Gasteiger charge is -2.29. The predicted molar refractivity (Wildman–Crippen MR) is 82.3 cm³/mol. The van der Waals surface area contributed by atoms with Crippen LogP contribution < -0.4 is 15.2 Å². The minimum atomic E-state index is -0.848. The lowest BCUT2D eigenvalue weighted by molar-refractivity contribution is -0.111. The first-order chi connectivity index (χ1) is 10.3. The van der Waals surface area contributed by atoms with Gasteiger partial charge in [0.1, 0.15) is 5.71 Å². The van der Waals surface area contributed by atoms with Gasteiger partial charge >= 0.3 is 0 Å². The average molecular weight is 305 g/mol. The highest BCUT2D eigenvalue weighted by atomic mass is 16.5. The Kier molecular flexibility index (Phi) is 4.07. The molecule has 3 N–H and O–H groups in total. The van der Waals surface area contributed by atoms with E-state index in [-0.39, 0.29) is 11.4 Å². The molecule has 0 spiro atoms. The lowest BCUT2D eigenvalue weighted by Crippen LogP contribution is -2.38. The Bertz CT molecular complexity index is 678. The standard InChI is InChI=1S/C15H19N3O4/c1-15(2)7-8-5-10(21-3)11(22-4)6-9(8)12(17-15)13(18-20)14(16)19/h5-6,20H,7H2,1-4H3,(H2,16,19)/b18-13-. The molecule has 0 saturated heterocycles. The van der Waals surface area contributed by atoms with E-state index in [0.717, 1.165) is 5.56 Å². The highest BCUT2D eigenvalue weighted by Crippen LogP contribution is 2.36. The zero-order valence-electron chi connectivity index (χ0n) is 13.0. The number of aliphatic imine (C=N–C) groups is 1. The number of hydrogen-bond donors (Lipinski definition) is 2. The Balaban J connectivity index is 2.71. The van der Waals surface area contributed by atoms with Gasteiger partial charge < -0.3 is 20.4 Å². The van der Waals surface area contributed by atoms with Crippen LogP contribution in [0.4, 0.5) is 0 Å². The van der Waals surface area contributed by atoms with Crippen LogP contribution in [0.5, 0.6) is 11.5 Å². The largest absolute Gasteiger partial charge is 0.493 e. The van der Waals surface area contributed by atoms with E-state index in [1.54, 1.807) is 13.2 Å². The quantitative estimate of drug-likeness (QED) is 0.494.